The maximum Gasteiger partial charge on any atom is 0.335 e. The van der Waals surface area contributed by atoms with E-state index < -0.39 is 19.4 Å². The third kappa shape index (κ3) is 2.56. The molecule has 0 aliphatic carbocycles. The summed E-state index contributed by atoms with van der Waals surface area (Å²) in [6.45, 7) is 3.42. The van der Waals surface area contributed by atoms with Crippen molar-refractivity contribution in [3.63, 3.8) is 0 Å². The summed E-state index contributed by atoms with van der Waals surface area (Å²) < 4.78 is 21.3. The minimum Gasteiger partial charge on any atom is -0.392 e. The molecule has 0 amide bonds. The molecule has 0 rings (SSSR count). The van der Waals surface area contributed by atoms with Crippen LogP contribution in [0.15, 0.2) is 0 Å². The van der Waals surface area contributed by atoms with Crippen LogP contribution in [0.25, 0.3) is 0 Å². The summed E-state index contributed by atoms with van der Waals surface area (Å²) in [4.78, 5) is 0. The molecule has 0 fully saturated rings. The molecule has 1 N–H and O–H groups in total. The van der Waals surface area contributed by atoms with E-state index in [4.69, 9.17) is 9.05 Å². The zero-order valence-electron chi connectivity index (χ0n) is 7.98. The van der Waals surface area contributed by atoms with Crippen LogP contribution >= 0.6 is 7.60 Å². The quantitative estimate of drug-likeness (QED) is 0.679. The fourth-order valence-electron chi connectivity index (χ4n) is 1.17. The second-order valence-electron chi connectivity index (χ2n) is 2.62. The number of rotatable bonds is 5. The second-order valence-corrected chi connectivity index (χ2v) is 5.09. The van der Waals surface area contributed by atoms with Gasteiger partial charge in [0.05, 0.1) is 11.8 Å². The van der Waals surface area contributed by atoms with Crippen molar-refractivity contribution >= 4 is 7.60 Å². The molecule has 0 aromatic heterocycles. The van der Waals surface area contributed by atoms with Crippen LogP contribution in [0, 0.1) is 0 Å². The average Bonchev–Trinajstić information content (AvgIpc) is 2.04. The van der Waals surface area contributed by atoms with Gasteiger partial charge < -0.3 is 14.2 Å². The Hall–Kier alpha value is 0.110. The van der Waals surface area contributed by atoms with Gasteiger partial charge in [0, 0.05) is 14.2 Å². The monoisotopic (exact) mass is 196 g/mol. The van der Waals surface area contributed by atoms with E-state index in [1.165, 1.54) is 14.2 Å². The minimum absolute atomic E-state index is 0.438. The number of hydrogen-bond acceptors (Lipinski definition) is 4. The summed E-state index contributed by atoms with van der Waals surface area (Å²) in [5.74, 6) is 0. The van der Waals surface area contributed by atoms with Gasteiger partial charge in [0.25, 0.3) is 0 Å². The molecule has 0 spiro atoms. The zero-order chi connectivity index (χ0) is 9.78. The maximum atomic E-state index is 11.7. The van der Waals surface area contributed by atoms with Gasteiger partial charge in [-0.3, -0.25) is 4.57 Å². The summed E-state index contributed by atoms with van der Waals surface area (Å²) in [7, 11) is -0.440. The molecule has 0 aliphatic rings. The molecule has 0 bridgehead atoms. The lowest BCUT2D eigenvalue weighted by atomic mass is 10.2. The van der Waals surface area contributed by atoms with Crippen molar-refractivity contribution in [1.82, 2.24) is 0 Å². The predicted molar refractivity (Wildman–Crippen MR) is 47.4 cm³/mol. The second kappa shape index (κ2) is 4.97. The van der Waals surface area contributed by atoms with Crippen LogP contribution < -0.4 is 0 Å². The Morgan fingerprint density at radius 2 is 1.83 bits per heavy atom. The Labute approximate surface area is 73.4 Å². The number of aliphatic hydroxyl groups excluding tert-OH is 1. The van der Waals surface area contributed by atoms with Gasteiger partial charge in [-0.2, -0.15) is 0 Å². The molecule has 0 unspecified atom stereocenters. The van der Waals surface area contributed by atoms with Crippen LogP contribution in [0.2, 0.25) is 0 Å². The Morgan fingerprint density at radius 1 is 1.42 bits per heavy atom. The first-order valence-electron chi connectivity index (χ1n) is 3.91. The van der Waals surface area contributed by atoms with Crippen molar-refractivity contribution in [3.05, 3.63) is 0 Å². The lowest BCUT2D eigenvalue weighted by molar-refractivity contribution is 0.162. The highest BCUT2D eigenvalue weighted by molar-refractivity contribution is 7.54. The smallest absolute Gasteiger partial charge is 0.335 e. The van der Waals surface area contributed by atoms with E-state index in [0.29, 0.717) is 6.42 Å². The van der Waals surface area contributed by atoms with Gasteiger partial charge in [-0.1, -0.05) is 6.92 Å². The van der Waals surface area contributed by atoms with Gasteiger partial charge in [0.15, 0.2) is 0 Å². The van der Waals surface area contributed by atoms with Gasteiger partial charge >= 0.3 is 7.60 Å². The fourth-order valence-corrected chi connectivity index (χ4v) is 2.84. The fraction of sp³-hybridized carbons (Fsp3) is 1.00. The molecule has 0 aromatic rings. The standard InChI is InChI=1S/C7H17O4P/c1-5-7(6(2)8)12(9,10-3)11-4/h6-8H,5H2,1-4H3/t6-,7+/m0/s1. The Bertz CT molecular complexity index is 161. The molecular formula is C7H17O4P. The van der Waals surface area contributed by atoms with Gasteiger partial charge in [0.2, 0.25) is 0 Å². The van der Waals surface area contributed by atoms with Gasteiger partial charge in [-0.25, -0.2) is 0 Å². The van der Waals surface area contributed by atoms with E-state index in [1.807, 2.05) is 6.92 Å². The van der Waals surface area contributed by atoms with E-state index >= 15 is 0 Å². The van der Waals surface area contributed by atoms with Crippen LogP contribution in [0.3, 0.4) is 0 Å². The molecule has 5 heteroatoms. The molecule has 2 atom stereocenters. The summed E-state index contributed by atoms with van der Waals surface area (Å²) in [6.07, 6.45) is -0.114. The Balaban J connectivity index is 4.56. The first kappa shape index (κ1) is 12.1. The maximum absolute atomic E-state index is 11.7. The van der Waals surface area contributed by atoms with Crippen molar-refractivity contribution in [2.45, 2.75) is 32.0 Å². The normalized spacial score (nSPS) is 17.4. The van der Waals surface area contributed by atoms with Crippen molar-refractivity contribution < 1.29 is 18.7 Å². The highest BCUT2D eigenvalue weighted by Crippen LogP contribution is 2.53. The first-order valence-corrected chi connectivity index (χ1v) is 5.52. The number of aliphatic hydroxyl groups is 1. The largest absolute Gasteiger partial charge is 0.392 e. The lowest BCUT2D eigenvalue weighted by Gasteiger charge is -2.25. The molecule has 0 aliphatic heterocycles. The molecule has 0 saturated heterocycles. The SMILES string of the molecule is CC[C@H]([C@H](C)O)P(=O)(OC)OC. The average molecular weight is 196 g/mol. The molecule has 12 heavy (non-hydrogen) atoms. The zero-order valence-corrected chi connectivity index (χ0v) is 8.88. The van der Waals surface area contributed by atoms with Crippen LogP contribution in [0.5, 0.6) is 0 Å². The van der Waals surface area contributed by atoms with Crippen molar-refractivity contribution in [1.29, 1.82) is 0 Å². The van der Waals surface area contributed by atoms with Gasteiger partial charge in [0.1, 0.15) is 0 Å². The lowest BCUT2D eigenvalue weighted by Crippen LogP contribution is -2.23. The van der Waals surface area contributed by atoms with E-state index in [0.717, 1.165) is 0 Å². The van der Waals surface area contributed by atoms with Crippen LogP contribution in [0.1, 0.15) is 20.3 Å². The van der Waals surface area contributed by atoms with E-state index in [9.17, 15) is 9.67 Å². The van der Waals surface area contributed by atoms with E-state index in [1.54, 1.807) is 6.92 Å². The van der Waals surface area contributed by atoms with Gasteiger partial charge in [-0.15, -0.1) is 0 Å². The molecule has 0 radical (unpaired) electrons. The highest BCUT2D eigenvalue weighted by atomic mass is 31.2. The van der Waals surface area contributed by atoms with Gasteiger partial charge in [-0.05, 0) is 13.3 Å². The van der Waals surface area contributed by atoms with Crippen LogP contribution in [-0.2, 0) is 13.6 Å². The van der Waals surface area contributed by atoms with E-state index in [-0.39, 0.29) is 0 Å². The van der Waals surface area contributed by atoms with Crippen molar-refractivity contribution in [3.8, 4) is 0 Å². The van der Waals surface area contributed by atoms with Crippen molar-refractivity contribution in [2.75, 3.05) is 14.2 Å². The Morgan fingerprint density at radius 3 is 1.92 bits per heavy atom. The first-order chi connectivity index (χ1) is 5.51. The molecule has 0 aromatic carbocycles. The summed E-state index contributed by atoms with van der Waals surface area (Å²) in [5.41, 5.74) is -0.438. The molecule has 0 saturated carbocycles. The minimum atomic E-state index is -3.10. The molecule has 0 heterocycles. The predicted octanol–water partition coefficient (Wildman–Crippen LogP) is 1.63. The third-order valence-corrected chi connectivity index (χ3v) is 4.52. The molecule has 4 nitrogen and oxygen atoms in total. The highest BCUT2D eigenvalue weighted by Gasteiger charge is 2.35. The number of hydrogen-bond donors (Lipinski definition) is 1. The van der Waals surface area contributed by atoms with Crippen LogP contribution in [-0.4, -0.2) is 31.1 Å². The van der Waals surface area contributed by atoms with Crippen molar-refractivity contribution in [2.24, 2.45) is 0 Å². The topological polar surface area (TPSA) is 55.8 Å². The summed E-state index contributed by atoms with van der Waals surface area (Å²) in [6, 6.07) is 0. The summed E-state index contributed by atoms with van der Waals surface area (Å²) >= 11 is 0. The third-order valence-electron chi connectivity index (χ3n) is 1.89. The summed E-state index contributed by atoms with van der Waals surface area (Å²) in [5, 5.41) is 9.28. The molecule has 74 valence electrons. The van der Waals surface area contributed by atoms with E-state index in [2.05, 4.69) is 0 Å². The Kier molecular flexibility index (Phi) is 5.02. The molecular weight excluding hydrogens is 179 g/mol. The van der Waals surface area contributed by atoms with Crippen LogP contribution in [0.4, 0.5) is 0 Å².